The highest BCUT2D eigenvalue weighted by Gasteiger charge is 1.90. The van der Waals surface area contributed by atoms with Crippen LogP contribution < -0.4 is 0 Å². The largest absolute Gasteiger partial charge is 0.487 e. The Hall–Kier alpha value is -0.240. The topological polar surface area (TPSA) is 33.0 Å². The second-order valence-corrected chi connectivity index (χ2v) is 3.15. The zero-order valence-corrected chi connectivity index (χ0v) is 8.80. The number of hydrogen-bond acceptors (Lipinski definition) is 2. The van der Waals surface area contributed by atoms with Gasteiger partial charge in [0.2, 0.25) is 0 Å². The second-order valence-electron chi connectivity index (χ2n) is 2.07. The fraction of sp³-hybridized carbons (Fsp3) is 0.625. The molecular formula is C8H12INO. The number of methoxy groups -OCH3 is 1. The molecule has 0 spiro atoms. The molecule has 0 aliphatic rings. The molecule has 0 saturated carbocycles. The number of rotatable bonds is 5. The van der Waals surface area contributed by atoms with Gasteiger partial charge in [0.25, 0.3) is 0 Å². The molecule has 0 fully saturated rings. The van der Waals surface area contributed by atoms with Gasteiger partial charge in [-0.15, -0.1) is 0 Å². The van der Waals surface area contributed by atoms with Crippen LogP contribution in [-0.4, -0.2) is 11.5 Å². The van der Waals surface area contributed by atoms with Crippen LogP contribution in [0.3, 0.4) is 0 Å². The van der Waals surface area contributed by atoms with Gasteiger partial charge >= 0.3 is 0 Å². The van der Waals surface area contributed by atoms with E-state index in [1.807, 2.05) is 12.1 Å². The fourth-order valence-corrected chi connectivity index (χ4v) is 1.19. The van der Waals surface area contributed by atoms with Crippen molar-refractivity contribution in [3.05, 3.63) is 11.8 Å². The number of unbranched alkanes of at least 4 members (excludes halogenated alkanes) is 2. The van der Waals surface area contributed by atoms with Gasteiger partial charge in [0, 0.05) is 0 Å². The third-order valence-electron chi connectivity index (χ3n) is 1.25. The number of alkyl halides is 1. The van der Waals surface area contributed by atoms with Gasteiger partial charge in [-0.1, -0.05) is 22.6 Å². The first kappa shape index (κ1) is 10.8. The van der Waals surface area contributed by atoms with Gasteiger partial charge in [-0.25, -0.2) is 0 Å². The zero-order chi connectivity index (χ0) is 8.53. The normalized spacial score (nSPS) is 10.8. The Morgan fingerprint density at radius 1 is 1.64 bits per heavy atom. The van der Waals surface area contributed by atoms with E-state index < -0.39 is 0 Å². The maximum atomic E-state index is 8.44. The fourth-order valence-electron chi connectivity index (χ4n) is 0.647. The van der Waals surface area contributed by atoms with Gasteiger partial charge in [-0.2, -0.15) is 5.26 Å². The lowest BCUT2D eigenvalue weighted by Crippen LogP contribution is -1.82. The van der Waals surface area contributed by atoms with E-state index in [4.69, 9.17) is 10.00 Å². The van der Waals surface area contributed by atoms with Crippen LogP contribution in [0, 0.1) is 11.3 Å². The monoisotopic (exact) mass is 265 g/mol. The van der Waals surface area contributed by atoms with Crippen LogP contribution in [0.2, 0.25) is 0 Å². The zero-order valence-electron chi connectivity index (χ0n) is 6.64. The average molecular weight is 265 g/mol. The van der Waals surface area contributed by atoms with Gasteiger partial charge in [0.15, 0.2) is 5.76 Å². The van der Waals surface area contributed by atoms with Gasteiger partial charge in [-0.3, -0.25) is 0 Å². The van der Waals surface area contributed by atoms with E-state index in [9.17, 15) is 0 Å². The summed E-state index contributed by atoms with van der Waals surface area (Å²) in [6.45, 7) is 0. The summed E-state index contributed by atoms with van der Waals surface area (Å²) in [5.74, 6) is 0.429. The number of hydrogen-bond donors (Lipinski definition) is 0. The SMILES string of the molecule is CO/C(C#N)=C\CCCCI. The molecule has 0 N–H and O–H groups in total. The first-order valence-corrected chi connectivity index (χ1v) is 5.08. The van der Waals surface area contributed by atoms with Gasteiger partial charge in [0.1, 0.15) is 6.07 Å². The van der Waals surface area contributed by atoms with Crippen LogP contribution >= 0.6 is 22.6 Å². The van der Waals surface area contributed by atoms with Crippen LogP contribution in [0.15, 0.2) is 11.8 Å². The minimum Gasteiger partial charge on any atom is -0.487 e. The summed E-state index contributed by atoms with van der Waals surface area (Å²) in [6, 6.07) is 1.97. The Morgan fingerprint density at radius 2 is 2.36 bits per heavy atom. The quantitative estimate of drug-likeness (QED) is 0.252. The predicted molar refractivity (Wildman–Crippen MR) is 53.4 cm³/mol. The summed E-state index contributed by atoms with van der Waals surface area (Å²) in [5, 5.41) is 8.44. The Labute approximate surface area is 81.4 Å². The molecule has 0 bridgehead atoms. The molecule has 0 aromatic heterocycles. The number of ether oxygens (including phenoxy) is 1. The standard InChI is InChI=1S/C8H12INO/c1-11-8(7-10)5-3-2-4-6-9/h5H,2-4,6H2,1H3/b8-5-. The van der Waals surface area contributed by atoms with Gasteiger partial charge in [-0.05, 0) is 29.8 Å². The molecule has 2 nitrogen and oxygen atoms in total. The van der Waals surface area contributed by atoms with Crippen molar-refractivity contribution in [2.45, 2.75) is 19.3 Å². The molecule has 0 aromatic rings. The lowest BCUT2D eigenvalue weighted by Gasteiger charge is -1.94. The molecule has 0 aliphatic heterocycles. The number of allylic oxidation sites excluding steroid dienone is 2. The van der Waals surface area contributed by atoms with Crippen LogP contribution in [0.25, 0.3) is 0 Å². The van der Waals surface area contributed by atoms with Crippen molar-refractivity contribution in [2.75, 3.05) is 11.5 Å². The van der Waals surface area contributed by atoms with Crippen molar-refractivity contribution in [2.24, 2.45) is 0 Å². The van der Waals surface area contributed by atoms with E-state index in [0.717, 1.165) is 12.8 Å². The molecule has 0 rings (SSSR count). The van der Waals surface area contributed by atoms with E-state index >= 15 is 0 Å². The highest BCUT2D eigenvalue weighted by molar-refractivity contribution is 14.1. The van der Waals surface area contributed by atoms with Crippen LogP contribution in [0.5, 0.6) is 0 Å². The molecule has 0 radical (unpaired) electrons. The third-order valence-corrected chi connectivity index (χ3v) is 2.01. The van der Waals surface area contributed by atoms with Crippen LogP contribution in [-0.2, 0) is 4.74 Å². The maximum Gasteiger partial charge on any atom is 0.192 e. The highest BCUT2D eigenvalue weighted by Crippen LogP contribution is 2.02. The third kappa shape index (κ3) is 6.17. The van der Waals surface area contributed by atoms with E-state index in [-0.39, 0.29) is 0 Å². The molecule has 0 aromatic carbocycles. The molecule has 3 heteroatoms. The van der Waals surface area contributed by atoms with Gasteiger partial charge < -0.3 is 4.74 Å². The summed E-state index contributed by atoms with van der Waals surface area (Å²) < 4.78 is 5.96. The van der Waals surface area contributed by atoms with Crippen molar-refractivity contribution >= 4 is 22.6 Å². The van der Waals surface area contributed by atoms with Crippen LogP contribution in [0.1, 0.15) is 19.3 Å². The summed E-state index contributed by atoms with van der Waals surface area (Å²) in [5.41, 5.74) is 0. The molecule has 0 aliphatic carbocycles. The predicted octanol–water partition coefficient (Wildman–Crippen LogP) is 2.65. The molecule has 0 amide bonds. The first-order chi connectivity index (χ1) is 5.35. The Kier molecular flexibility index (Phi) is 7.69. The van der Waals surface area contributed by atoms with Crippen LogP contribution in [0.4, 0.5) is 0 Å². The van der Waals surface area contributed by atoms with E-state index in [2.05, 4.69) is 22.6 Å². The Morgan fingerprint density at radius 3 is 2.82 bits per heavy atom. The van der Waals surface area contributed by atoms with E-state index in [0.29, 0.717) is 5.76 Å². The average Bonchev–Trinajstić information content (AvgIpc) is 2.05. The van der Waals surface area contributed by atoms with Crippen molar-refractivity contribution in [3.8, 4) is 6.07 Å². The smallest absolute Gasteiger partial charge is 0.192 e. The number of nitrogens with zero attached hydrogens (tertiary/aromatic N) is 1. The van der Waals surface area contributed by atoms with Crippen molar-refractivity contribution in [3.63, 3.8) is 0 Å². The maximum absolute atomic E-state index is 8.44. The second kappa shape index (κ2) is 7.86. The highest BCUT2D eigenvalue weighted by atomic mass is 127. The summed E-state index contributed by atoms with van der Waals surface area (Å²) >= 11 is 2.35. The van der Waals surface area contributed by atoms with Crippen molar-refractivity contribution in [1.82, 2.24) is 0 Å². The number of nitriles is 1. The summed E-state index contributed by atoms with van der Waals surface area (Å²) in [4.78, 5) is 0. The molecule has 0 heterocycles. The molecule has 11 heavy (non-hydrogen) atoms. The Bertz CT molecular complexity index is 160. The molecule has 0 atom stereocenters. The lowest BCUT2D eigenvalue weighted by atomic mass is 10.2. The summed E-state index contributed by atoms with van der Waals surface area (Å²) in [6.07, 6.45) is 5.13. The van der Waals surface area contributed by atoms with Crippen molar-refractivity contribution in [1.29, 1.82) is 5.26 Å². The molecular weight excluding hydrogens is 253 g/mol. The summed E-state index contributed by atoms with van der Waals surface area (Å²) in [7, 11) is 1.52. The molecule has 62 valence electrons. The Balaban J connectivity index is 3.47. The minimum atomic E-state index is 0.429. The van der Waals surface area contributed by atoms with Gasteiger partial charge in [0.05, 0.1) is 7.11 Å². The minimum absolute atomic E-state index is 0.429. The molecule has 0 saturated heterocycles. The van der Waals surface area contributed by atoms with E-state index in [1.54, 1.807) is 0 Å². The lowest BCUT2D eigenvalue weighted by molar-refractivity contribution is 0.308. The van der Waals surface area contributed by atoms with E-state index in [1.165, 1.54) is 18.0 Å². The van der Waals surface area contributed by atoms with Crippen molar-refractivity contribution < 1.29 is 4.74 Å². The number of halogens is 1. The first-order valence-electron chi connectivity index (χ1n) is 3.55. The molecule has 0 unspecified atom stereocenters.